The van der Waals surface area contributed by atoms with E-state index < -0.39 is 0 Å². The minimum atomic E-state index is 0.569. The van der Waals surface area contributed by atoms with Gasteiger partial charge in [-0.1, -0.05) is 13.8 Å². The van der Waals surface area contributed by atoms with E-state index in [1.165, 1.54) is 12.8 Å². The average molecular weight is 263 g/mol. The number of likely N-dealkylation sites (N-methyl/N-ethyl adjacent to an activating group) is 1. The summed E-state index contributed by atoms with van der Waals surface area (Å²) in [6.07, 6.45) is 5.34. The highest BCUT2D eigenvalue weighted by Gasteiger charge is 2.22. The number of ether oxygens (including phenoxy) is 1. The molecule has 4 nitrogen and oxygen atoms in total. The topological polar surface area (TPSA) is 37.4 Å². The first-order valence-corrected chi connectivity index (χ1v) is 7.41. The zero-order chi connectivity index (χ0) is 13.5. The number of hydrogen-bond acceptors (Lipinski definition) is 4. The molecule has 1 aromatic heterocycles. The molecule has 1 unspecified atom stereocenters. The molecule has 2 heterocycles. The van der Waals surface area contributed by atoms with Crippen molar-refractivity contribution >= 4 is 5.82 Å². The van der Waals surface area contributed by atoms with Gasteiger partial charge in [0.15, 0.2) is 11.6 Å². The summed E-state index contributed by atoms with van der Waals surface area (Å²) in [5.41, 5.74) is 0. The Morgan fingerprint density at radius 1 is 1.47 bits per heavy atom. The van der Waals surface area contributed by atoms with Crippen LogP contribution in [0.4, 0.5) is 5.82 Å². The van der Waals surface area contributed by atoms with Gasteiger partial charge in [-0.3, -0.25) is 0 Å². The molecule has 0 amide bonds. The molecule has 0 aliphatic carbocycles. The summed E-state index contributed by atoms with van der Waals surface area (Å²) in [6.45, 7) is 8.16. The largest absolute Gasteiger partial charge is 0.490 e. The third-order valence-corrected chi connectivity index (χ3v) is 3.43. The van der Waals surface area contributed by atoms with Crippen molar-refractivity contribution in [3.05, 3.63) is 18.3 Å². The lowest BCUT2D eigenvalue weighted by molar-refractivity contribution is 0.315. The zero-order valence-electron chi connectivity index (χ0n) is 12.1. The van der Waals surface area contributed by atoms with Crippen molar-refractivity contribution in [3.8, 4) is 5.75 Å². The molecule has 0 bridgehead atoms. The van der Waals surface area contributed by atoms with E-state index >= 15 is 0 Å². The molecular formula is C15H25N3O. The number of nitrogens with zero attached hydrogens (tertiary/aromatic N) is 2. The SMILES string of the molecule is CCCOc1cccnc1N1CCCC(NCC)C1. The molecule has 1 saturated heterocycles. The van der Waals surface area contributed by atoms with Crippen LogP contribution < -0.4 is 15.0 Å². The van der Waals surface area contributed by atoms with Gasteiger partial charge in [-0.15, -0.1) is 0 Å². The highest BCUT2D eigenvalue weighted by Crippen LogP contribution is 2.27. The van der Waals surface area contributed by atoms with Crippen LogP contribution in [-0.2, 0) is 0 Å². The minimum absolute atomic E-state index is 0.569. The van der Waals surface area contributed by atoms with Crippen LogP contribution in [0, 0.1) is 0 Å². The Balaban J connectivity index is 2.07. The molecule has 1 aliphatic rings. The zero-order valence-corrected chi connectivity index (χ0v) is 12.1. The lowest BCUT2D eigenvalue weighted by Crippen LogP contribution is -2.46. The number of pyridine rings is 1. The third-order valence-electron chi connectivity index (χ3n) is 3.43. The van der Waals surface area contributed by atoms with Crippen LogP contribution in [0.25, 0.3) is 0 Å². The van der Waals surface area contributed by atoms with Crippen LogP contribution in [0.15, 0.2) is 18.3 Å². The fourth-order valence-electron chi connectivity index (χ4n) is 2.57. The first kappa shape index (κ1) is 14.1. The lowest BCUT2D eigenvalue weighted by Gasteiger charge is -2.34. The molecule has 2 rings (SSSR count). The van der Waals surface area contributed by atoms with Crippen LogP contribution in [-0.4, -0.2) is 37.3 Å². The molecule has 0 aromatic carbocycles. The Kier molecular flexibility index (Phi) is 5.45. The van der Waals surface area contributed by atoms with Gasteiger partial charge in [0, 0.05) is 25.3 Å². The molecule has 1 fully saturated rings. The minimum Gasteiger partial charge on any atom is -0.490 e. The number of hydrogen-bond donors (Lipinski definition) is 1. The molecule has 1 N–H and O–H groups in total. The van der Waals surface area contributed by atoms with Crippen LogP contribution in [0.1, 0.15) is 33.1 Å². The van der Waals surface area contributed by atoms with Crippen molar-refractivity contribution in [1.29, 1.82) is 0 Å². The summed E-state index contributed by atoms with van der Waals surface area (Å²) in [5, 5.41) is 3.54. The predicted octanol–water partition coefficient (Wildman–Crippen LogP) is 2.45. The van der Waals surface area contributed by atoms with Gasteiger partial charge in [-0.25, -0.2) is 4.98 Å². The number of nitrogens with one attached hydrogen (secondary N) is 1. The fourth-order valence-corrected chi connectivity index (χ4v) is 2.57. The highest BCUT2D eigenvalue weighted by atomic mass is 16.5. The smallest absolute Gasteiger partial charge is 0.171 e. The highest BCUT2D eigenvalue weighted by molar-refractivity contribution is 5.52. The summed E-state index contributed by atoms with van der Waals surface area (Å²) in [7, 11) is 0. The lowest BCUT2D eigenvalue weighted by atomic mass is 10.1. The van der Waals surface area contributed by atoms with Crippen LogP contribution in [0.3, 0.4) is 0 Å². The van der Waals surface area contributed by atoms with Crippen molar-refractivity contribution in [1.82, 2.24) is 10.3 Å². The Hall–Kier alpha value is -1.29. The van der Waals surface area contributed by atoms with Gasteiger partial charge in [-0.2, -0.15) is 0 Å². The van der Waals surface area contributed by atoms with E-state index in [0.717, 1.165) is 44.2 Å². The van der Waals surface area contributed by atoms with E-state index in [-0.39, 0.29) is 0 Å². The molecule has 4 heteroatoms. The number of piperidine rings is 1. The predicted molar refractivity (Wildman–Crippen MR) is 78.9 cm³/mol. The van der Waals surface area contributed by atoms with Gasteiger partial charge < -0.3 is 15.0 Å². The average Bonchev–Trinajstić information content (AvgIpc) is 2.46. The van der Waals surface area contributed by atoms with E-state index in [9.17, 15) is 0 Å². The summed E-state index contributed by atoms with van der Waals surface area (Å²) >= 11 is 0. The quantitative estimate of drug-likeness (QED) is 0.855. The van der Waals surface area contributed by atoms with Gasteiger partial charge in [0.1, 0.15) is 0 Å². The number of anilines is 1. The monoisotopic (exact) mass is 263 g/mol. The van der Waals surface area contributed by atoms with Crippen LogP contribution >= 0.6 is 0 Å². The van der Waals surface area contributed by atoms with E-state index in [4.69, 9.17) is 4.74 Å². The second-order valence-electron chi connectivity index (χ2n) is 5.02. The molecule has 1 aromatic rings. The van der Waals surface area contributed by atoms with Crippen molar-refractivity contribution in [2.45, 2.75) is 39.2 Å². The van der Waals surface area contributed by atoms with Crippen molar-refractivity contribution < 1.29 is 4.74 Å². The second-order valence-corrected chi connectivity index (χ2v) is 5.02. The maximum Gasteiger partial charge on any atom is 0.171 e. The number of aromatic nitrogens is 1. The third kappa shape index (κ3) is 3.83. The molecule has 1 atom stereocenters. The van der Waals surface area contributed by atoms with Crippen molar-refractivity contribution in [2.75, 3.05) is 31.1 Å². The second kappa shape index (κ2) is 7.34. The summed E-state index contributed by atoms with van der Waals surface area (Å²) in [4.78, 5) is 6.87. The first-order valence-electron chi connectivity index (χ1n) is 7.41. The van der Waals surface area contributed by atoms with E-state index in [1.54, 1.807) is 0 Å². The summed E-state index contributed by atoms with van der Waals surface area (Å²) in [5.74, 6) is 1.92. The van der Waals surface area contributed by atoms with Gasteiger partial charge in [-0.05, 0) is 37.9 Å². The molecule has 1 aliphatic heterocycles. The normalized spacial score (nSPS) is 19.5. The summed E-state index contributed by atoms with van der Waals surface area (Å²) in [6, 6.07) is 4.54. The van der Waals surface area contributed by atoms with Gasteiger partial charge in [0.2, 0.25) is 0 Å². The Bertz CT molecular complexity index is 381. The van der Waals surface area contributed by atoms with Crippen molar-refractivity contribution in [3.63, 3.8) is 0 Å². The van der Waals surface area contributed by atoms with E-state index in [0.29, 0.717) is 6.04 Å². The molecule has 19 heavy (non-hydrogen) atoms. The van der Waals surface area contributed by atoms with Gasteiger partial charge in [0.05, 0.1) is 6.61 Å². The fraction of sp³-hybridized carbons (Fsp3) is 0.667. The molecule has 0 spiro atoms. The Labute approximate surface area is 116 Å². The van der Waals surface area contributed by atoms with E-state index in [1.807, 2.05) is 18.3 Å². The van der Waals surface area contributed by atoms with Crippen LogP contribution in [0.5, 0.6) is 5.75 Å². The van der Waals surface area contributed by atoms with Gasteiger partial charge >= 0.3 is 0 Å². The molecule has 0 radical (unpaired) electrons. The van der Waals surface area contributed by atoms with E-state index in [2.05, 4.69) is 29.0 Å². The molecule has 106 valence electrons. The van der Waals surface area contributed by atoms with Crippen molar-refractivity contribution in [2.24, 2.45) is 0 Å². The maximum absolute atomic E-state index is 5.81. The maximum atomic E-state index is 5.81. The Morgan fingerprint density at radius 3 is 3.16 bits per heavy atom. The standard InChI is InChI=1S/C15H25N3O/c1-3-11-19-14-8-5-9-17-15(14)18-10-6-7-13(12-18)16-4-2/h5,8-9,13,16H,3-4,6-7,10-12H2,1-2H3. The van der Waals surface area contributed by atoms with Gasteiger partial charge in [0.25, 0.3) is 0 Å². The summed E-state index contributed by atoms with van der Waals surface area (Å²) < 4.78 is 5.81. The Morgan fingerprint density at radius 2 is 2.37 bits per heavy atom. The molecular weight excluding hydrogens is 238 g/mol. The molecule has 0 saturated carbocycles. The first-order chi connectivity index (χ1) is 9.35. The number of rotatable bonds is 6. The van der Waals surface area contributed by atoms with Crippen LogP contribution in [0.2, 0.25) is 0 Å².